The van der Waals surface area contributed by atoms with E-state index in [-0.39, 0.29) is 0 Å². The molecule has 2 aromatic heterocycles. The number of carbonyl (C=O) groups is 2. The van der Waals surface area contributed by atoms with Crippen molar-refractivity contribution in [1.82, 2.24) is 4.98 Å². The molecule has 0 aromatic carbocycles. The zero-order valence-electron chi connectivity index (χ0n) is 10.6. The average Bonchev–Trinajstić information content (AvgIpc) is 3.11. The zero-order valence-corrected chi connectivity index (χ0v) is 12.3. The summed E-state index contributed by atoms with van der Waals surface area (Å²) in [6, 6.07) is 1.95. The van der Waals surface area contributed by atoms with Gasteiger partial charge in [-0.2, -0.15) is 11.3 Å². The maximum Gasteiger partial charge on any atom is 0.351 e. The van der Waals surface area contributed by atoms with Gasteiger partial charge < -0.3 is 9.47 Å². The van der Waals surface area contributed by atoms with E-state index in [1.54, 1.807) is 18.3 Å². The molecule has 5 nitrogen and oxygen atoms in total. The Hall–Kier alpha value is -1.73. The van der Waals surface area contributed by atoms with Gasteiger partial charge in [-0.05, 0) is 18.4 Å². The molecule has 0 N–H and O–H groups in total. The van der Waals surface area contributed by atoms with Gasteiger partial charge in [0.25, 0.3) is 0 Å². The highest BCUT2D eigenvalue weighted by atomic mass is 32.1. The highest BCUT2D eigenvalue weighted by molar-refractivity contribution is 7.17. The van der Waals surface area contributed by atoms with Gasteiger partial charge in [-0.3, -0.25) is 0 Å². The number of esters is 2. The van der Waals surface area contributed by atoms with Gasteiger partial charge in [0.2, 0.25) is 6.10 Å². The van der Waals surface area contributed by atoms with Crippen LogP contribution in [-0.2, 0) is 14.3 Å². The van der Waals surface area contributed by atoms with Crippen LogP contribution in [0.1, 0.15) is 21.8 Å². The van der Waals surface area contributed by atoms with Crippen molar-refractivity contribution in [2.75, 3.05) is 6.61 Å². The first-order valence-corrected chi connectivity index (χ1v) is 7.78. The maximum absolute atomic E-state index is 12.1. The van der Waals surface area contributed by atoms with E-state index in [4.69, 9.17) is 9.47 Å². The number of hydrogen-bond acceptors (Lipinski definition) is 7. The maximum atomic E-state index is 12.1. The van der Waals surface area contributed by atoms with Gasteiger partial charge in [0.1, 0.15) is 9.88 Å². The van der Waals surface area contributed by atoms with Crippen LogP contribution in [0.2, 0.25) is 0 Å². The molecular weight excluding hydrogens is 298 g/mol. The van der Waals surface area contributed by atoms with Crippen molar-refractivity contribution in [3.63, 3.8) is 0 Å². The van der Waals surface area contributed by atoms with Crippen molar-refractivity contribution in [1.29, 1.82) is 0 Å². The number of rotatable bonds is 3. The summed E-state index contributed by atoms with van der Waals surface area (Å²) in [5.41, 5.74) is 1.61. The van der Waals surface area contributed by atoms with Crippen LogP contribution in [0.3, 0.4) is 0 Å². The summed E-state index contributed by atoms with van der Waals surface area (Å²) in [7, 11) is 0. The van der Waals surface area contributed by atoms with Crippen LogP contribution in [0, 0.1) is 6.92 Å². The Labute approximate surface area is 123 Å². The first kappa shape index (κ1) is 13.3. The number of thiazole rings is 1. The molecule has 20 heavy (non-hydrogen) atoms. The number of hydrogen-bond donors (Lipinski definition) is 0. The summed E-state index contributed by atoms with van der Waals surface area (Å²) < 4.78 is 9.95. The predicted octanol–water partition coefficient (Wildman–Crippen LogP) is 2.65. The first-order chi connectivity index (χ1) is 9.65. The lowest BCUT2D eigenvalue weighted by Crippen LogP contribution is -2.22. The second kappa shape index (κ2) is 5.34. The van der Waals surface area contributed by atoms with Crippen molar-refractivity contribution in [2.24, 2.45) is 0 Å². The molecule has 1 saturated heterocycles. The number of aromatic nitrogens is 1. The van der Waals surface area contributed by atoms with E-state index in [9.17, 15) is 9.59 Å². The monoisotopic (exact) mass is 309 g/mol. The van der Waals surface area contributed by atoms with Crippen molar-refractivity contribution in [3.05, 3.63) is 27.4 Å². The molecule has 0 amide bonds. The second-order valence-corrected chi connectivity index (χ2v) is 6.07. The van der Waals surface area contributed by atoms with Gasteiger partial charge in [-0.1, -0.05) is 0 Å². The Balaban J connectivity index is 1.80. The van der Waals surface area contributed by atoms with Crippen LogP contribution in [0.5, 0.6) is 0 Å². The lowest BCUT2D eigenvalue weighted by molar-refractivity contribution is -0.145. The molecule has 1 aliphatic rings. The second-order valence-electron chi connectivity index (χ2n) is 4.30. The molecule has 0 spiro atoms. The molecule has 7 heteroatoms. The SMILES string of the molecule is Cc1nc(-c2ccsc2)sc1C(=O)O[C@@H]1CCOC1=O. The van der Waals surface area contributed by atoms with Gasteiger partial charge in [-0.25, -0.2) is 14.6 Å². The van der Waals surface area contributed by atoms with Crippen LogP contribution >= 0.6 is 22.7 Å². The lowest BCUT2D eigenvalue weighted by Gasteiger charge is -2.06. The third-order valence-electron chi connectivity index (χ3n) is 2.89. The van der Waals surface area contributed by atoms with Crippen molar-refractivity contribution in [3.8, 4) is 10.6 Å². The van der Waals surface area contributed by atoms with E-state index in [0.29, 0.717) is 23.6 Å². The molecular formula is C13H11NO4S2. The van der Waals surface area contributed by atoms with Gasteiger partial charge in [-0.15, -0.1) is 11.3 Å². The molecule has 0 aliphatic carbocycles. The van der Waals surface area contributed by atoms with E-state index in [1.807, 2.05) is 16.8 Å². The largest absolute Gasteiger partial charge is 0.463 e. The van der Waals surface area contributed by atoms with Gasteiger partial charge in [0, 0.05) is 17.4 Å². The first-order valence-electron chi connectivity index (χ1n) is 6.03. The third-order valence-corrected chi connectivity index (χ3v) is 4.76. The summed E-state index contributed by atoms with van der Waals surface area (Å²) in [5, 5.41) is 4.71. The molecule has 104 valence electrons. The number of nitrogens with zero attached hydrogens (tertiary/aromatic N) is 1. The predicted molar refractivity (Wildman–Crippen MR) is 74.9 cm³/mol. The van der Waals surface area contributed by atoms with Crippen LogP contribution in [0.15, 0.2) is 16.8 Å². The molecule has 3 heterocycles. The Bertz CT molecular complexity index is 647. The van der Waals surface area contributed by atoms with Crippen LogP contribution in [-0.4, -0.2) is 29.6 Å². The number of aryl methyl sites for hydroxylation is 1. The lowest BCUT2D eigenvalue weighted by atomic mass is 10.3. The Morgan fingerprint density at radius 1 is 1.55 bits per heavy atom. The summed E-state index contributed by atoms with van der Waals surface area (Å²) in [6.07, 6.45) is -0.367. The topological polar surface area (TPSA) is 65.5 Å². The standard InChI is InChI=1S/C13H11NO4S2/c1-7-10(13(16)18-9-2-4-17-12(9)15)20-11(14-7)8-3-5-19-6-8/h3,5-6,9H,2,4H2,1H3/t9-/m1/s1. The molecule has 0 bridgehead atoms. The highest BCUT2D eigenvalue weighted by Gasteiger charge is 2.31. The minimum atomic E-state index is -0.784. The van der Waals surface area contributed by atoms with Crippen LogP contribution in [0.4, 0.5) is 0 Å². The van der Waals surface area contributed by atoms with E-state index >= 15 is 0 Å². The van der Waals surface area contributed by atoms with Crippen molar-refractivity contribution in [2.45, 2.75) is 19.4 Å². The minimum absolute atomic E-state index is 0.304. The molecule has 1 aliphatic heterocycles. The van der Waals surface area contributed by atoms with E-state index in [2.05, 4.69) is 4.98 Å². The molecule has 1 atom stereocenters. The molecule has 2 aromatic rings. The minimum Gasteiger partial charge on any atom is -0.463 e. The zero-order chi connectivity index (χ0) is 14.1. The fourth-order valence-electron chi connectivity index (χ4n) is 1.86. The summed E-state index contributed by atoms with van der Waals surface area (Å²) in [4.78, 5) is 28.2. The fraction of sp³-hybridized carbons (Fsp3) is 0.308. The van der Waals surface area contributed by atoms with Gasteiger partial charge >= 0.3 is 11.9 Å². The number of carbonyl (C=O) groups excluding carboxylic acids is 2. The molecule has 0 unspecified atom stereocenters. The molecule has 0 saturated carbocycles. The molecule has 0 radical (unpaired) electrons. The highest BCUT2D eigenvalue weighted by Crippen LogP contribution is 2.30. The number of ether oxygens (including phenoxy) is 2. The van der Waals surface area contributed by atoms with Gasteiger partial charge in [0.15, 0.2) is 0 Å². The quantitative estimate of drug-likeness (QED) is 0.816. The summed E-state index contributed by atoms with van der Waals surface area (Å²) >= 11 is 2.85. The Morgan fingerprint density at radius 3 is 3.05 bits per heavy atom. The smallest absolute Gasteiger partial charge is 0.351 e. The Morgan fingerprint density at radius 2 is 2.40 bits per heavy atom. The van der Waals surface area contributed by atoms with E-state index < -0.39 is 18.0 Å². The number of thiophene rings is 1. The van der Waals surface area contributed by atoms with E-state index in [1.165, 1.54) is 11.3 Å². The third kappa shape index (κ3) is 2.46. The van der Waals surface area contributed by atoms with Crippen LogP contribution < -0.4 is 0 Å². The Kier molecular flexibility index (Phi) is 3.54. The average molecular weight is 309 g/mol. The number of cyclic esters (lactones) is 1. The summed E-state index contributed by atoms with van der Waals surface area (Å²) in [5.74, 6) is -0.982. The van der Waals surface area contributed by atoms with Gasteiger partial charge in [0.05, 0.1) is 12.3 Å². The van der Waals surface area contributed by atoms with Crippen molar-refractivity contribution >= 4 is 34.6 Å². The normalized spacial score (nSPS) is 18.1. The van der Waals surface area contributed by atoms with E-state index in [0.717, 1.165) is 10.6 Å². The van der Waals surface area contributed by atoms with Crippen molar-refractivity contribution < 1.29 is 19.1 Å². The molecule has 3 rings (SSSR count). The van der Waals surface area contributed by atoms with Crippen LogP contribution in [0.25, 0.3) is 10.6 Å². The summed E-state index contributed by atoms with van der Waals surface area (Å²) in [6.45, 7) is 2.06. The molecule has 1 fully saturated rings. The fourth-order valence-corrected chi connectivity index (χ4v) is 3.52.